The van der Waals surface area contributed by atoms with E-state index < -0.39 is 0 Å². The molecule has 0 saturated carbocycles. The Bertz CT molecular complexity index is 532. The van der Waals surface area contributed by atoms with Gasteiger partial charge >= 0.3 is 0 Å². The third-order valence-electron chi connectivity index (χ3n) is 2.91. The predicted molar refractivity (Wildman–Crippen MR) is 75.4 cm³/mol. The van der Waals surface area contributed by atoms with Crippen LogP contribution in [0.4, 0.5) is 0 Å². The Labute approximate surface area is 113 Å². The molecule has 4 heteroatoms. The average molecular weight is 264 g/mol. The lowest BCUT2D eigenvalue weighted by atomic mass is 10.1. The van der Waals surface area contributed by atoms with Gasteiger partial charge in [-0.05, 0) is 36.6 Å². The molecule has 2 rings (SSSR count). The Morgan fingerprint density at radius 2 is 2.11 bits per heavy atom. The summed E-state index contributed by atoms with van der Waals surface area (Å²) in [4.78, 5) is 0. The van der Waals surface area contributed by atoms with Crippen molar-refractivity contribution in [3.8, 4) is 5.69 Å². The molecule has 0 unspecified atom stereocenters. The first-order valence-electron chi connectivity index (χ1n) is 6.17. The van der Waals surface area contributed by atoms with Gasteiger partial charge in [0.05, 0.1) is 16.4 Å². The van der Waals surface area contributed by atoms with Crippen LogP contribution in [0.2, 0.25) is 5.02 Å². The summed E-state index contributed by atoms with van der Waals surface area (Å²) < 4.78 is 1.85. The molecule has 0 bridgehead atoms. The van der Waals surface area contributed by atoms with E-state index in [1.807, 2.05) is 35.1 Å². The minimum absolute atomic E-state index is 0.409. The molecule has 1 aromatic carbocycles. The summed E-state index contributed by atoms with van der Waals surface area (Å²) in [6.45, 7) is 4.85. The molecule has 96 valence electrons. The molecule has 0 fully saturated rings. The van der Waals surface area contributed by atoms with E-state index in [0.29, 0.717) is 17.5 Å². The van der Waals surface area contributed by atoms with Crippen LogP contribution < -0.4 is 5.73 Å². The average Bonchev–Trinajstić information content (AvgIpc) is 2.79. The molecule has 0 amide bonds. The first-order valence-corrected chi connectivity index (χ1v) is 6.54. The fraction of sp³-hybridized carbons (Fsp3) is 0.357. The van der Waals surface area contributed by atoms with Crippen LogP contribution >= 0.6 is 11.6 Å². The van der Waals surface area contributed by atoms with Crippen LogP contribution in [-0.2, 0) is 6.42 Å². The molecule has 0 aliphatic heterocycles. The van der Waals surface area contributed by atoms with Gasteiger partial charge in [-0.1, -0.05) is 37.6 Å². The summed E-state index contributed by atoms with van der Waals surface area (Å²) in [5.41, 5.74) is 8.77. The first-order chi connectivity index (χ1) is 8.63. The molecular formula is C14H18ClN3. The summed E-state index contributed by atoms with van der Waals surface area (Å²) in [5, 5.41) is 5.28. The molecule has 0 spiro atoms. The zero-order valence-electron chi connectivity index (χ0n) is 10.7. The number of rotatable bonds is 4. The number of hydrogen-bond acceptors (Lipinski definition) is 2. The lowest BCUT2D eigenvalue weighted by Gasteiger charge is -2.11. The minimum Gasteiger partial charge on any atom is -0.330 e. The largest absolute Gasteiger partial charge is 0.330 e. The van der Waals surface area contributed by atoms with Crippen molar-refractivity contribution in [3.05, 3.63) is 46.7 Å². The number of nitrogens with zero attached hydrogens (tertiary/aromatic N) is 2. The molecule has 2 aromatic rings. The second-order valence-electron chi connectivity index (χ2n) is 4.63. The van der Waals surface area contributed by atoms with Crippen LogP contribution in [0.5, 0.6) is 0 Å². The number of aromatic nitrogens is 2. The fourth-order valence-electron chi connectivity index (χ4n) is 1.94. The molecule has 18 heavy (non-hydrogen) atoms. The van der Waals surface area contributed by atoms with Crippen LogP contribution in [0.1, 0.15) is 31.0 Å². The van der Waals surface area contributed by atoms with Crippen molar-refractivity contribution >= 4 is 11.6 Å². The number of nitrogens with two attached hydrogens (primary N) is 1. The third-order valence-corrected chi connectivity index (χ3v) is 3.22. The van der Waals surface area contributed by atoms with Crippen molar-refractivity contribution in [3.63, 3.8) is 0 Å². The number of benzene rings is 1. The van der Waals surface area contributed by atoms with Gasteiger partial charge in [0, 0.05) is 6.20 Å². The normalized spacial score (nSPS) is 11.2. The van der Waals surface area contributed by atoms with E-state index in [1.165, 1.54) is 0 Å². The van der Waals surface area contributed by atoms with E-state index in [9.17, 15) is 0 Å². The predicted octanol–water partition coefficient (Wildman–Crippen LogP) is 3.15. The quantitative estimate of drug-likeness (QED) is 0.921. The maximum atomic E-state index is 6.29. The zero-order valence-corrected chi connectivity index (χ0v) is 11.5. The van der Waals surface area contributed by atoms with E-state index >= 15 is 0 Å². The van der Waals surface area contributed by atoms with E-state index in [0.717, 1.165) is 23.4 Å². The molecule has 2 N–H and O–H groups in total. The van der Waals surface area contributed by atoms with Gasteiger partial charge in [-0.3, -0.25) is 0 Å². The maximum absolute atomic E-state index is 6.29. The van der Waals surface area contributed by atoms with Gasteiger partial charge in [-0.2, -0.15) is 5.10 Å². The summed E-state index contributed by atoms with van der Waals surface area (Å²) in [6.07, 6.45) is 2.75. The second-order valence-corrected chi connectivity index (χ2v) is 5.03. The lowest BCUT2D eigenvalue weighted by molar-refractivity contribution is 0.762. The molecule has 0 saturated heterocycles. The van der Waals surface area contributed by atoms with Crippen LogP contribution in [0.25, 0.3) is 5.69 Å². The van der Waals surface area contributed by atoms with Gasteiger partial charge in [-0.15, -0.1) is 0 Å². The first kappa shape index (κ1) is 13.1. The van der Waals surface area contributed by atoms with Gasteiger partial charge in [0.25, 0.3) is 0 Å². The number of halogens is 1. The van der Waals surface area contributed by atoms with Gasteiger partial charge in [0.15, 0.2) is 0 Å². The Morgan fingerprint density at radius 3 is 2.72 bits per heavy atom. The zero-order chi connectivity index (χ0) is 13.1. The molecular weight excluding hydrogens is 246 g/mol. The smallest absolute Gasteiger partial charge is 0.0864 e. The summed E-state index contributed by atoms with van der Waals surface area (Å²) in [6, 6.07) is 7.91. The summed E-state index contributed by atoms with van der Waals surface area (Å²) in [5.74, 6) is 0.409. The van der Waals surface area contributed by atoms with Crippen molar-refractivity contribution in [2.75, 3.05) is 6.54 Å². The van der Waals surface area contributed by atoms with Crippen LogP contribution in [-0.4, -0.2) is 16.3 Å². The van der Waals surface area contributed by atoms with Crippen molar-refractivity contribution in [1.82, 2.24) is 9.78 Å². The molecule has 1 heterocycles. The van der Waals surface area contributed by atoms with Crippen molar-refractivity contribution in [2.45, 2.75) is 26.2 Å². The van der Waals surface area contributed by atoms with E-state index in [4.69, 9.17) is 17.3 Å². The second kappa shape index (κ2) is 5.55. The topological polar surface area (TPSA) is 43.8 Å². The minimum atomic E-state index is 0.409. The van der Waals surface area contributed by atoms with E-state index in [2.05, 4.69) is 18.9 Å². The van der Waals surface area contributed by atoms with E-state index in [-0.39, 0.29) is 0 Å². The highest BCUT2D eigenvalue weighted by molar-refractivity contribution is 6.32. The van der Waals surface area contributed by atoms with Crippen molar-refractivity contribution in [2.24, 2.45) is 5.73 Å². The summed E-state index contributed by atoms with van der Waals surface area (Å²) in [7, 11) is 0. The monoisotopic (exact) mass is 263 g/mol. The summed E-state index contributed by atoms with van der Waals surface area (Å²) >= 11 is 6.29. The fourth-order valence-corrected chi connectivity index (χ4v) is 2.22. The lowest BCUT2D eigenvalue weighted by Crippen LogP contribution is -2.08. The standard InChI is InChI=1S/C14H18ClN3/c1-10(2)13-7-9-18(17-13)14-11(6-8-16)4-3-5-12(14)15/h3-5,7,9-10H,6,8,16H2,1-2H3. The van der Waals surface area contributed by atoms with Crippen LogP contribution in [0, 0.1) is 0 Å². The Balaban J connectivity index is 2.48. The molecule has 0 atom stereocenters. The van der Waals surface area contributed by atoms with Gasteiger partial charge in [0.2, 0.25) is 0 Å². The van der Waals surface area contributed by atoms with Crippen molar-refractivity contribution in [1.29, 1.82) is 0 Å². The SMILES string of the molecule is CC(C)c1ccn(-c2c(Cl)cccc2CCN)n1. The third kappa shape index (κ3) is 2.57. The highest BCUT2D eigenvalue weighted by Crippen LogP contribution is 2.25. The van der Waals surface area contributed by atoms with Gasteiger partial charge < -0.3 is 5.73 Å². The molecule has 3 nitrogen and oxygen atoms in total. The van der Waals surface area contributed by atoms with Gasteiger partial charge in [-0.25, -0.2) is 4.68 Å². The molecule has 1 aromatic heterocycles. The Kier molecular flexibility index (Phi) is 4.04. The molecule has 0 radical (unpaired) electrons. The van der Waals surface area contributed by atoms with Crippen molar-refractivity contribution < 1.29 is 0 Å². The highest BCUT2D eigenvalue weighted by atomic mass is 35.5. The Hall–Kier alpha value is -1.32. The highest BCUT2D eigenvalue weighted by Gasteiger charge is 2.11. The number of hydrogen-bond donors (Lipinski definition) is 1. The maximum Gasteiger partial charge on any atom is 0.0864 e. The van der Waals surface area contributed by atoms with E-state index in [1.54, 1.807) is 0 Å². The molecule has 0 aliphatic rings. The van der Waals surface area contributed by atoms with Gasteiger partial charge in [0.1, 0.15) is 0 Å². The number of para-hydroxylation sites is 1. The Morgan fingerprint density at radius 1 is 1.33 bits per heavy atom. The molecule has 0 aliphatic carbocycles. The van der Waals surface area contributed by atoms with Crippen LogP contribution in [0.3, 0.4) is 0 Å². The van der Waals surface area contributed by atoms with Crippen LogP contribution in [0.15, 0.2) is 30.5 Å².